The van der Waals surface area contributed by atoms with E-state index in [0.29, 0.717) is 12.1 Å². The first kappa shape index (κ1) is 23.4. The van der Waals surface area contributed by atoms with Crippen LogP contribution < -0.4 is 0 Å². The highest BCUT2D eigenvalue weighted by atomic mass is 32.2. The summed E-state index contributed by atoms with van der Waals surface area (Å²) in [5.74, 6) is -0.562. The molecule has 0 spiro atoms. The molecule has 33 heavy (non-hydrogen) atoms. The van der Waals surface area contributed by atoms with E-state index >= 15 is 0 Å². The normalized spacial score (nSPS) is 15.3. The van der Waals surface area contributed by atoms with E-state index in [1.54, 1.807) is 0 Å². The molecule has 0 N–H and O–H groups in total. The molecule has 1 fully saturated rings. The minimum atomic E-state index is -4.70. The van der Waals surface area contributed by atoms with Gasteiger partial charge in [-0.2, -0.15) is 18.3 Å². The van der Waals surface area contributed by atoms with E-state index in [1.807, 2.05) is 0 Å². The fourth-order valence-electron chi connectivity index (χ4n) is 4.11. The highest BCUT2D eigenvalue weighted by Crippen LogP contribution is 2.43. The minimum absolute atomic E-state index is 0.0461. The molecule has 5 nitrogen and oxygen atoms in total. The summed E-state index contributed by atoms with van der Waals surface area (Å²) in [6, 6.07) is 10.4. The number of hydrogen-bond donors (Lipinski definition) is 0. The Morgan fingerprint density at radius 1 is 0.909 bits per heavy atom. The molecular formula is C23H23F4N3O2S. The molecule has 0 amide bonds. The van der Waals surface area contributed by atoms with Gasteiger partial charge in [0.2, 0.25) is 0 Å². The van der Waals surface area contributed by atoms with Crippen LogP contribution in [0.1, 0.15) is 18.5 Å². The summed E-state index contributed by atoms with van der Waals surface area (Å²) in [5.41, 5.74) is -0.479. The van der Waals surface area contributed by atoms with E-state index in [9.17, 15) is 26.0 Å². The zero-order valence-electron chi connectivity index (χ0n) is 17.9. The Kier molecular flexibility index (Phi) is 6.32. The predicted octanol–water partition coefficient (Wildman–Crippen LogP) is 4.87. The quantitative estimate of drug-likeness (QED) is 0.471. The Morgan fingerprint density at radius 2 is 1.48 bits per heavy atom. The van der Waals surface area contributed by atoms with Crippen LogP contribution in [0.5, 0.6) is 0 Å². The average Bonchev–Trinajstić information content (AvgIpc) is 3.40. The zero-order valence-corrected chi connectivity index (χ0v) is 18.8. The lowest BCUT2D eigenvalue weighted by Crippen LogP contribution is -2.26. The Balaban J connectivity index is 1.87. The molecule has 4 rings (SSSR count). The van der Waals surface area contributed by atoms with E-state index < -0.39 is 27.5 Å². The predicted molar refractivity (Wildman–Crippen MR) is 117 cm³/mol. The molecule has 1 aliphatic heterocycles. The van der Waals surface area contributed by atoms with Gasteiger partial charge in [-0.05, 0) is 55.8 Å². The monoisotopic (exact) mass is 481 g/mol. The Morgan fingerprint density at radius 3 is 2.03 bits per heavy atom. The summed E-state index contributed by atoms with van der Waals surface area (Å²) in [4.78, 5) is 2.15. The van der Waals surface area contributed by atoms with E-state index in [1.165, 1.54) is 36.4 Å². The third kappa shape index (κ3) is 5.11. The SMILES string of the molecule is CS(=O)(=O)c1ccc(-c2nn(CCN3CCCC3)c(C(F)(F)F)c2-c2ccc(F)cc2)cc1. The van der Waals surface area contributed by atoms with Gasteiger partial charge in [0.15, 0.2) is 15.5 Å². The Hall–Kier alpha value is -2.72. The third-order valence-corrected chi connectivity index (χ3v) is 6.86. The van der Waals surface area contributed by atoms with Crippen molar-refractivity contribution in [3.05, 3.63) is 60.0 Å². The number of nitrogens with zero attached hydrogens (tertiary/aromatic N) is 3. The largest absolute Gasteiger partial charge is 0.433 e. The van der Waals surface area contributed by atoms with Crippen LogP contribution >= 0.6 is 0 Å². The van der Waals surface area contributed by atoms with Gasteiger partial charge in [0, 0.05) is 23.9 Å². The van der Waals surface area contributed by atoms with Gasteiger partial charge in [-0.1, -0.05) is 24.3 Å². The van der Waals surface area contributed by atoms with Crippen LogP contribution in [0.2, 0.25) is 0 Å². The molecule has 0 saturated carbocycles. The molecule has 1 saturated heterocycles. The zero-order chi connectivity index (χ0) is 23.8. The lowest BCUT2D eigenvalue weighted by Gasteiger charge is -2.17. The van der Waals surface area contributed by atoms with Crippen molar-refractivity contribution in [2.24, 2.45) is 0 Å². The average molecular weight is 482 g/mol. The van der Waals surface area contributed by atoms with Crippen LogP contribution in [-0.4, -0.2) is 49.0 Å². The van der Waals surface area contributed by atoms with Crippen molar-refractivity contribution in [3.63, 3.8) is 0 Å². The van der Waals surface area contributed by atoms with Crippen molar-refractivity contribution >= 4 is 9.84 Å². The number of hydrogen-bond acceptors (Lipinski definition) is 4. The lowest BCUT2D eigenvalue weighted by molar-refractivity contribution is -0.143. The Bertz CT molecular complexity index is 1230. The smallest absolute Gasteiger partial charge is 0.301 e. The number of rotatable bonds is 6. The Labute approximate surface area is 189 Å². The molecular weight excluding hydrogens is 458 g/mol. The molecule has 2 heterocycles. The highest BCUT2D eigenvalue weighted by Gasteiger charge is 2.40. The molecule has 2 aromatic carbocycles. The van der Waals surface area contributed by atoms with Crippen LogP contribution in [0.3, 0.4) is 0 Å². The summed E-state index contributed by atoms with van der Waals surface area (Å²) in [6.45, 7) is 2.16. The number of sulfone groups is 1. The van der Waals surface area contributed by atoms with Crippen molar-refractivity contribution in [3.8, 4) is 22.4 Å². The van der Waals surface area contributed by atoms with Gasteiger partial charge >= 0.3 is 6.18 Å². The molecule has 0 aliphatic carbocycles. The van der Waals surface area contributed by atoms with E-state index in [0.717, 1.165) is 49.0 Å². The minimum Gasteiger partial charge on any atom is -0.301 e. The first-order valence-electron chi connectivity index (χ1n) is 10.5. The lowest BCUT2D eigenvalue weighted by atomic mass is 9.98. The van der Waals surface area contributed by atoms with Crippen LogP contribution in [0.15, 0.2) is 53.4 Å². The number of likely N-dealkylation sites (tertiary alicyclic amines) is 1. The van der Waals surface area contributed by atoms with Gasteiger partial charge in [-0.15, -0.1) is 0 Å². The first-order chi connectivity index (χ1) is 15.5. The molecule has 0 radical (unpaired) electrons. The number of alkyl halides is 3. The second kappa shape index (κ2) is 8.90. The third-order valence-electron chi connectivity index (χ3n) is 5.74. The van der Waals surface area contributed by atoms with Crippen LogP contribution in [0.25, 0.3) is 22.4 Å². The summed E-state index contributed by atoms with van der Waals surface area (Å²) >= 11 is 0. The molecule has 0 atom stereocenters. The number of benzene rings is 2. The highest BCUT2D eigenvalue weighted by molar-refractivity contribution is 7.90. The van der Waals surface area contributed by atoms with Crippen molar-refractivity contribution in [2.45, 2.75) is 30.5 Å². The van der Waals surface area contributed by atoms with Crippen molar-refractivity contribution in [1.82, 2.24) is 14.7 Å². The summed E-state index contributed by atoms with van der Waals surface area (Å²) in [7, 11) is -3.47. The van der Waals surface area contributed by atoms with Crippen LogP contribution in [0, 0.1) is 5.82 Å². The van der Waals surface area contributed by atoms with Gasteiger partial charge in [-0.25, -0.2) is 12.8 Å². The maximum Gasteiger partial charge on any atom is 0.433 e. The molecule has 1 aliphatic rings. The van der Waals surface area contributed by atoms with E-state index in [2.05, 4.69) is 10.00 Å². The van der Waals surface area contributed by atoms with Crippen LogP contribution in [-0.2, 0) is 22.6 Å². The van der Waals surface area contributed by atoms with Gasteiger partial charge < -0.3 is 4.90 Å². The van der Waals surface area contributed by atoms with Gasteiger partial charge in [0.05, 0.1) is 11.4 Å². The molecule has 0 unspecified atom stereocenters. The summed E-state index contributed by atoms with van der Waals surface area (Å²) in [6.07, 6.45) is -1.61. The topological polar surface area (TPSA) is 55.2 Å². The molecule has 1 aromatic heterocycles. The standard InChI is InChI=1S/C23H23F4N3O2S/c1-33(31,32)19-10-6-17(7-11-19)21-20(16-4-8-18(24)9-5-16)22(23(25,26)27)30(28-21)15-14-29-12-2-3-13-29/h4-11H,2-3,12-15H2,1H3. The second-order valence-corrected chi connectivity index (χ2v) is 10.2. The van der Waals surface area contributed by atoms with E-state index in [-0.39, 0.29) is 28.3 Å². The summed E-state index contributed by atoms with van der Waals surface area (Å²) < 4.78 is 81.0. The molecule has 0 bridgehead atoms. The summed E-state index contributed by atoms with van der Waals surface area (Å²) in [5, 5.41) is 4.33. The van der Waals surface area contributed by atoms with Crippen molar-refractivity contribution in [1.29, 1.82) is 0 Å². The molecule has 176 valence electrons. The van der Waals surface area contributed by atoms with Crippen molar-refractivity contribution in [2.75, 3.05) is 25.9 Å². The number of halogens is 4. The first-order valence-corrected chi connectivity index (χ1v) is 12.4. The van der Waals surface area contributed by atoms with Gasteiger partial charge in [0.25, 0.3) is 0 Å². The van der Waals surface area contributed by atoms with Gasteiger partial charge in [-0.3, -0.25) is 4.68 Å². The van der Waals surface area contributed by atoms with Crippen molar-refractivity contribution < 1.29 is 26.0 Å². The maximum absolute atomic E-state index is 14.3. The van der Waals surface area contributed by atoms with Gasteiger partial charge in [0.1, 0.15) is 11.5 Å². The maximum atomic E-state index is 14.3. The molecule has 10 heteroatoms. The number of aromatic nitrogens is 2. The fraction of sp³-hybridized carbons (Fsp3) is 0.348. The second-order valence-electron chi connectivity index (χ2n) is 8.15. The molecule has 3 aromatic rings. The fourth-order valence-corrected chi connectivity index (χ4v) is 4.74. The van der Waals surface area contributed by atoms with Crippen LogP contribution in [0.4, 0.5) is 17.6 Å². The van der Waals surface area contributed by atoms with E-state index in [4.69, 9.17) is 0 Å².